The Morgan fingerprint density at radius 1 is 1.62 bits per heavy atom. The van der Waals surface area contributed by atoms with Crippen LogP contribution in [0, 0.1) is 0 Å². The molecule has 1 rings (SSSR count). The van der Waals surface area contributed by atoms with Gasteiger partial charge in [-0.1, -0.05) is 5.11 Å². The molecular weight excluding hydrogens is 187 g/mol. The second-order valence-corrected chi connectivity index (χ2v) is 2.17. The van der Waals surface area contributed by atoms with Crippen LogP contribution in [0.1, 0.15) is 11.4 Å². The van der Waals surface area contributed by atoms with E-state index in [9.17, 15) is 13.2 Å². The van der Waals surface area contributed by atoms with Gasteiger partial charge in [0.2, 0.25) is 0 Å². The first-order valence-corrected chi connectivity index (χ1v) is 3.16. The number of H-pyrrole nitrogens is 1. The minimum absolute atomic E-state index is 0.130. The molecule has 0 atom stereocenters. The Bertz CT molecular complexity index is 334. The monoisotopic (exact) mass is 191 g/mol. The summed E-state index contributed by atoms with van der Waals surface area (Å²) in [5, 5.41) is 8.20. The third kappa shape index (κ3) is 2.38. The van der Waals surface area contributed by atoms with E-state index in [0.29, 0.717) is 0 Å². The van der Waals surface area contributed by atoms with E-state index in [1.165, 1.54) is 0 Å². The summed E-state index contributed by atoms with van der Waals surface area (Å²) in [6.07, 6.45) is -4.47. The van der Waals surface area contributed by atoms with E-state index in [-0.39, 0.29) is 12.2 Å². The number of hydrogen-bond acceptors (Lipinski definition) is 2. The Hall–Kier alpha value is -1.69. The van der Waals surface area contributed by atoms with Crippen LogP contribution in [0.4, 0.5) is 13.2 Å². The van der Waals surface area contributed by atoms with E-state index in [1.807, 2.05) is 0 Å². The van der Waals surface area contributed by atoms with Gasteiger partial charge in [-0.2, -0.15) is 18.3 Å². The molecule has 1 heterocycles. The molecule has 0 spiro atoms. The first-order chi connectivity index (χ1) is 6.04. The van der Waals surface area contributed by atoms with Gasteiger partial charge in [0, 0.05) is 10.6 Å². The van der Waals surface area contributed by atoms with Crippen LogP contribution >= 0.6 is 0 Å². The average molecular weight is 191 g/mol. The molecule has 0 amide bonds. The maximum atomic E-state index is 11.9. The molecular formula is C5H4F3N5. The summed E-state index contributed by atoms with van der Waals surface area (Å²) in [7, 11) is 0. The second kappa shape index (κ2) is 3.36. The lowest BCUT2D eigenvalue weighted by atomic mass is 10.3. The Kier molecular flexibility index (Phi) is 2.43. The van der Waals surface area contributed by atoms with Crippen molar-refractivity contribution in [2.45, 2.75) is 12.7 Å². The number of aromatic nitrogens is 2. The highest BCUT2D eigenvalue weighted by atomic mass is 19.4. The van der Waals surface area contributed by atoms with Gasteiger partial charge in [-0.15, -0.1) is 0 Å². The largest absolute Gasteiger partial charge is 0.435 e. The maximum absolute atomic E-state index is 11.9. The van der Waals surface area contributed by atoms with Crippen molar-refractivity contribution in [2.75, 3.05) is 0 Å². The lowest BCUT2D eigenvalue weighted by Crippen LogP contribution is -2.04. The Morgan fingerprint density at radius 3 is 2.77 bits per heavy atom. The van der Waals surface area contributed by atoms with E-state index in [1.54, 1.807) is 0 Å². The fourth-order valence-electron chi connectivity index (χ4n) is 0.696. The van der Waals surface area contributed by atoms with Crippen molar-refractivity contribution in [1.82, 2.24) is 10.2 Å². The van der Waals surface area contributed by atoms with Gasteiger partial charge in [0.25, 0.3) is 0 Å². The zero-order valence-electron chi connectivity index (χ0n) is 6.21. The fraction of sp³-hybridized carbons (Fsp3) is 0.400. The van der Waals surface area contributed by atoms with Crippen molar-refractivity contribution in [2.24, 2.45) is 5.11 Å². The molecule has 0 unspecified atom stereocenters. The van der Waals surface area contributed by atoms with E-state index in [2.05, 4.69) is 20.2 Å². The molecule has 0 aliphatic carbocycles. The maximum Gasteiger partial charge on any atom is 0.435 e. The van der Waals surface area contributed by atoms with Gasteiger partial charge in [0.1, 0.15) is 0 Å². The molecule has 1 aromatic rings. The van der Waals surface area contributed by atoms with E-state index < -0.39 is 11.9 Å². The van der Waals surface area contributed by atoms with E-state index in [0.717, 1.165) is 6.07 Å². The van der Waals surface area contributed by atoms with Gasteiger partial charge < -0.3 is 0 Å². The third-order valence-electron chi connectivity index (χ3n) is 1.23. The number of nitrogens with one attached hydrogen (secondary N) is 1. The predicted molar refractivity (Wildman–Crippen MR) is 36.4 cm³/mol. The number of rotatable bonds is 2. The third-order valence-corrected chi connectivity index (χ3v) is 1.23. The number of aromatic amines is 1. The molecule has 0 aliphatic rings. The molecule has 1 aromatic heterocycles. The Balaban J connectivity index is 2.80. The van der Waals surface area contributed by atoms with Crippen molar-refractivity contribution in [3.05, 3.63) is 27.9 Å². The highest BCUT2D eigenvalue weighted by molar-refractivity contribution is 5.11. The summed E-state index contributed by atoms with van der Waals surface area (Å²) in [6, 6.07) is 0.800. The zero-order chi connectivity index (χ0) is 9.90. The lowest BCUT2D eigenvalue weighted by Gasteiger charge is -1.98. The van der Waals surface area contributed by atoms with Crippen LogP contribution in [0.2, 0.25) is 0 Å². The standard InChI is InChI=1S/C5H4F3N5/c6-5(7,8)4-1-3(11-12-4)2-10-13-9/h1H,2H2,(H,11,12). The number of alkyl halides is 3. The van der Waals surface area contributed by atoms with Crippen molar-refractivity contribution in [3.63, 3.8) is 0 Å². The molecule has 0 aromatic carbocycles. The molecule has 0 saturated carbocycles. The highest BCUT2D eigenvalue weighted by Crippen LogP contribution is 2.27. The molecule has 0 radical (unpaired) electrons. The molecule has 13 heavy (non-hydrogen) atoms. The molecule has 5 nitrogen and oxygen atoms in total. The Morgan fingerprint density at radius 2 is 2.31 bits per heavy atom. The number of nitrogens with zero attached hydrogens (tertiary/aromatic N) is 4. The topological polar surface area (TPSA) is 77.4 Å². The van der Waals surface area contributed by atoms with Crippen molar-refractivity contribution < 1.29 is 13.2 Å². The summed E-state index contributed by atoms with van der Waals surface area (Å²) in [4.78, 5) is 2.40. The van der Waals surface area contributed by atoms with Crippen LogP contribution in [-0.4, -0.2) is 10.2 Å². The fourth-order valence-corrected chi connectivity index (χ4v) is 0.696. The summed E-state index contributed by atoms with van der Waals surface area (Å²) < 4.78 is 35.8. The molecule has 0 fully saturated rings. The highest BCUT2D eigenvalue weighted by Gasteiger charge is 2.33. The Labute approximate surface area is 70.2 Å². The molecule has 8 heteroatoms. The van der Waals surface area contributed by atoms with Crippen LogP contribution in [0.5, 0.6) is 0 Å². The first-order valence-electron chi connectivity index (χ1n) is 3.16. The van der Waals surface area contributed by atoms with Crippen molar-refractivity contribution >= 4 is 0 Å². The quantitative estimate of drug-likeness (QED) is 0.434. The average Bonchev–Trinajstić information content (AvgIpc) is 2.47. The second-order valence-electron chi connectivity index (χ2n) is 2.17. The zero-order valence-corrected chi connectivity index (χ0v) is 6.21. The van der Waals surface area contributed by atoms with Gasteiger partial charge in [-0.05, 0) is 11.6 Å². The smallest absolute Gasteiger partial charge is 0.282 e. The van der Waals surface area contributed by atoms with E-state index in [4.69, 9.17) is 5.53 Å². The lowest BCUT2D eigenvalue weighted by molar-refractivity contribution is -0.141. The first kappa shape index (κ1) is 9.40. The number of azide groups is 1. The van der Waals surface area contributed by atoms with Crippen LogP contribution in [-0.2, 0) is 12.7 Å². The number of hydrogen-bond donors (Lipinski definition) is 1. The minimum Gasteiger partial charge on any atom is -0.282 e. The summed E-state index contributed by atoms with van der Waals surface area (Å²) >= 11 is 0. The molecule has 0 saturated heterocycles. The summed E-state index contributed by atoms with van der Waals surface area (Å²) in [6.45, 7) is -0.167. The van der Waals surface area contributed by atoms with E-state index >= 15 is 0 Å². The number of halogens is 3. The van der Waals surface area contributed by atoms with Crippen LogP contribution in [0.25, 0.3) is 10.4 Å². The minimum atomic E-state index is -4.47. The van der Waals surface area contributed by atoms with Gasteiger partial charge in [0.15, 0.2) is 5.69 Å². The van der Waals surface area contributed by atoms with Gasteiger partial charge >= 0.3 is 6.18 Å². The molecule has 70 valence electrons. The van der Waals surface area contributed by atoms with Gasteiger partial charge in [-0.25, -0.2) is 0 Å². The SMILES string of the molecule is [N-]=[N+]=NCc1cc(C(F)(F)F)n[nH]1. The van der Waals surface area contributed by atoms with Gasteiger partial charge in [-0.3, -0.25) is 5.10 Å². The molecule has 1 N–H and O–H groups in total. The van der Waals surface area contributed by atoms with Crippen LogP contribution < -0.4 is 0 Å². The van der Waals surface area contributed by atoms with Crippen LogP contribution in [0.3, 0.4) is 0 Å². The normalized spacial score (nSPS) is 11.0. The van der Waals surface area contributed by atoms with Crippen LogP contribution in [0.15, 0.2) is 11.2 Å². The van der Waals surface area contributed by atoms with Gasteiger partial charge in [0.05, 0.1) is 6.54 Å². The summed E-state index contributed by atoms with van der Waals surface area (Å²) in [5.74, 6) is 0. The van der Waals surface area contributed by atoms with Crippen molar-refractivity contribution in [3.8, 4) is 0 Å². The molecule has 0 aliphatic heterocycles. The predicted octanol–water partition coefficient (Wildman–Crippen LogP) is 2.24. The molecule has 0 bridgehead atoms. The van der Waals surface area contributed by atoms with Crippen molar-refractivity contribution in [1.29, 1.82) is 0 Å². The summed E-state index contributed by atoms with van der Waals surface area (Å²) in [5.41, 5.74) is 7.01.